The Morgan fingerprint density at radius 1 is 0.897 bits per heavy atom. The molecule has 2 aromatic heterocycles. The van der Waals surface area contributed by atoms with Gasteiger partial charge in [0.25, 0.3) is 0 Å². The van der Waals surface area contributed by atoms with E-state index in [2.05, 4.69) is 35.6 Å². The predicted octanol–water partition coefficient (Wildman–Crippen LogP) is 4.91. The van der Waals surface area contributed by atoms with Crippen LogP contribution in [0.2, 0.25) is 0 Å². The lowest BCUT2D eigenvalue weighted by Gasteiger charge is -2.21. The first-order valence-electron chi connectivity index (χ1n) is 9.72. The molecule has 1 atom stereocenters. The van der Waals surface area contributed by atoms with Gasteiger partial charge in [0, 0.05) is 0 Å². The molecule has 0 aliphatic rings. The number of nitrogens with one attached hydrogen (secondary N) is 1. The zero-order valence-corrected chi connectivity index (χ0v) is 16.4. The Balaban J connectivity index is 1.41. The van der Waals surface area contributed by atoms with E-state index in [4.69, 9.17) is 8.83 Å². The lowest BCUT2D eigenvalue weighted by Crippen LogP contribution is -2.37. The van der Waals surface area contributed by atoms with E-state index in [0.29, 0.717) is 13.1 Å². The molecular weight excluding hydrogens is 364 g/mol. The van der Waals surface area contributed by atoms with Gasteiger partial charge in [0.1, 0.15) is 11.5 Å². The third-order valence-corrected chi connectivity index (χ3v) is 4.94. The molecule has 4 rings (SSSR count). The van der Waals surface area contributed by atoms with Crippen LogP contribution in [0.15, 0.2) is 88.1 Å². The number of amides is 1. The van der Waals surface area contributed by atoms with Crippen LogP contribution in [0.25, 0.3) is 10.8 Å². The smallest absolute Gasteiger partial charge is 0.234 e. The van der Waals surface area contributed by atoms with Crippen molar-refractivity contribution in [2.24, 2.45) is 0 Å². The van der Waals surface area contributed by atoms with Crippen molar-refractivity contribution in [2.75, 3.05) is 6.54 Å². The Kier molecular flexibility index (Phi) is 5.77. The number of benzene rings is 2. The molecule has 5 heteroatoms. The van der Waals surface area contributed by atoms with Crippen LogP contribution in [0.1, 0.15) is 30.0 Å². The van der Waals surface area contributed by atoms with Crippen molar-refractivity contribution < 1.29 is 13.6 Å². The van der Waals surface area contributed by atoms with E-state index < -0.39 is 0 Å². The first kappa shape index (κ1) is 19.0. The topological polar surface area (TPSA) is 58.6 Å². The van der Waals surface area contributed by atoms with E-state index in [1.807, 2.05) is 48.2 Å². The standard InChI is InChI=1S/C24H24N2O3/c1-18(20-11-10-19-6-2-3-7-21(19)14-20)25-24(27)17-26(15-22-8-4-12-28-22)16-23-9-5-13-29-23/h2-14,18H,15-17H2,1H3,(H,25,27). The van der Waals surface area contributed by atoms with Gasteiger partial charge >= 0.3 is 0 Å². The highest BCUT2D eigenvalue weighted by Gasteiger charge is 2.17. The number of hydrogen-bond acceptors (Lipinski definition) is 4. The molecule has 5 nitrogen and oxygen atoms in total. The number of hydrogen-bond donors (Lipinski definition) is 1. The van der Waals surface area contributed by atoms with E-state index in [0.717, 1.165) is 17.1 Å². The fourth-order valence-electron chi connectivity index (χ4n) is 3.46. The van der Waals surface area contributed by atoms with Crippen LogP contribution in [0.4, 0.5) is 0 Å². The van der Waals surface area contributed by atoms with E-state index in [1.165, 1.54) is 10.8 Å². The van der Waals surface area contributed by atoms with Gasteiger partial charge in [0.2, 0.25) is 5.91 Å². The monoisotopic (exact) mass is 388 g/mol. The van der Waals surface area contributed by atoms with Gasteiger partial charge in [-0.2, -0.15) is 0 Å². The lowest BCUT2D eigenvalue weighted by molar-refractivity contribution is -0.123. The molecule has 1 amide bonds. The summed E-state index contributed by atoms with van der Waals surface area (Å²) in [5, 5.41) is 5.47. The molecule has 0 aliphatic carbocycles. The van der Waals surface area contributed by atoms with Crippen LogP contribution in [0, 0.1) is 0 Å². The fourth-order valence-corrected chi connectivity index (χ4v) is 3.46. The Hall–Kier alpha value is -3.31. The highest BCUT2D eigenvalue weighted by Crippen LogP contribution is 2.20. The van der Waals surface area contributed by atoms with E-state index in [-0.39, 0.29) is 18.5 Å². The van der Waals surface area contributed by atoms with Crippen molar-refractivity contribution in [3.63, 3.8) is 0 Å². The zero-order valence-electron chi connectivity index (χ0n) is 16.4. The van der Waals surface area contributed by atoms with E-state index in [1.54, 1.807) is 12.5 Å². The van der Waals surface area contributed by atoms with Gasteiger partial charge in [-0.3, -0.25) is 9.69 Å². The summed E-state index contributed by atoms with van der Waals surface area (Å²) in [4.78, 5) is 14.7. The van der Waals surface area contributed by atoms with Gasteiger partial charge < -0.3 is 14.2 Å². The number of nitrogens with zero attached hydrogens (tertiary/aromatic N) is 1. The molecule has 148 valence electrons. The molecule has 0 saturated carbocycles. The van der Waals surface area contributed by atoms with Crippen LogP contribution in [-0.4, -0.2) is 17.4 Å². The Labute approximate surface area is 169 Å². The predicted molar refractivity (Wildman–Crippen MR) is 112 cm³/mol. The molecule has 29 heavy (non-hydrogen) atoms. The van der Waals surface area contributed by atoms with Crippen molar-refractivity contribution in [1.82, 2.24) is 10.2 Å². The maximum Gasteiger partial charge on any atom is 0.234 e. The normalized spacial score (nSPS) is 12.3. The van der Waals surface area contributed by atoms with Gasteiger partial charge in [-0.05, 0) is 53.6 Å². The van der Waals surface area contributed by atoms with Crippen LogP contribution in [0.5, 0.6) is 0 Å². The molecule has 1 N–H and O–H groups in total. The molecule has 0 fully saturated rings. The second-order valence-electron chi connectivity index (χ2n) is 7.20. The highest BCUT2D eigenvalue weighted by atomic mass is 16.3. The average molecular weight is 388 g/mol. The van der Waals surface area contributed by atoms with Gasteiger partial charge in [-0.15, -0.1) is 0 Å². The molecule has 0 spiro atoms. The minimum atomic E-state index is -0.0822. The second kappa shape index (κ2) is 8.80. The van der Waals surface area contributed by atoms with Gasteiger partial charge in [0.05, 0.1) is 38.2 Å². The Morgan fingerprint density at radius 3 is 2.17 bits per heavy atom. The first-order valence-corrected chi connectivity index (χ1v) is 9.72. The first-order chi connectivity index (χ1) is 14.2. The highest BCUT2D eigenvalue weighted by molar-refractivity contribution is 5.83. The van der Waals surface area contributed by atoms with Crippen molar-refractivity contribution in [3.05, 3.63) is 96.3 Å². The minimum absolute atomic E-state index is 0.0382. The van der Waals surface area contributed by atoms with E-state index >= 15 is 0 Å². The molecule has 4 aromatic rings. The third-order valence-electron chi connectivity index (χ3n) is 4.94. The summed E-state index contributed by atoms with van der Waals surface area (Å²) in [5.41, 5.74) is 1.08. The molecule has 0 bridgehead atoms. The summed E-state index contributed by atoms with van der Waals surface area (Å²) in [6.45, 7) is 3.32. The maximum atomic E-state index is 12.7. The molecule has 2 heterocycles. The zero-order chi connectivity index (χ0) is 20.1. The Morgan fingerprint density at radius 2 is 1.55 bits per heavy atom. The molecule has 1 unspecified atom stereocenters. The third kappa shape index (κ3) is 4.95. The molecular formula is C24H24N2O3. The van der Waals surface area contributed by atoms with Crippen molar-refractivity contribution in [1.29, 1.82) is 0 Å². The SMILES string of the molecule is CC(NC(=O)CN(Cc1ccco1)Cc1ccco1)c1ccc2ccccc2c1. The molecule has 0 aliphatic heterocycles. The number of rotatable bonds is 8. The molecule has 2 aromatic carbocycles. The lowest BCUT2D eigenvalue weighted by atomic mass is 10.0. The van der Waals surface area contributed by atoms with Gasteiger partial charge in [-0.25, -0.2) is 0 Å². The summed E-state index contributed by atoms with van der Waals surface area (Å²) in [6.07, 6.45) is 3.28. The summed E-state index contributed by atoms with van der Waals surface area (Å²) in [6, 6.07) is 21.9. The molecule has 0 saturated heterocycles. The van der Waals surface area contributed by atoms with Crippen LogP contribution in [0.3, 0.4) is 0 Å². The average Bonchev–Trinajstić information content (AvgIpc) is 3.41. The summed E-state index contributed by atoms with van der Waals surface area (Å²) in [7, 11) is 0. The number of fused-ring (bicyclic) bond motifs is 1. The number of carbonyl (C=O) groups excluding carboxylic acids is 1. The number of furan rings is 2. The minimum Gasteiger partial charge on any atom is -0.468 e. The summed E-state index contributed by atoms with van der Waals surface area (Å²) in [5.74, 6) is 1.59. The molecule has 0 radical (unpaired) electrons. The van der Waals surface area contributed by atoms with Crippen molar-refractivity contribution in [3.8, 4) is 0 Å². The quantitative estimate of drug-likeness (QED) is 0.466. The number of carbonyl (C=O) groups is 1. The van der Waals surface area contributed by atoms with E-state index in [9.17, 15) is 4.79 Å². The summed E-state index contributed by atoms with van der Waals surface area (Å²) >= 11 is 0. The van der Waals surface area contributed by atoms with Crippen LogP contribution < -0.4 is 5.32 Å². The van der Waals surface area contributed by atoms with Crippen LogP contribution >= 0.6 is 0 Å². The Bertz CT molecular complexity index is 1020. The van der Waals surface area contributed by atoms with Crippen molar-refractivity contribution >= 4 is 16.7 Å². The van der Waals surface area contributed by atoms with Crippen LogP contribution in [-0.2, 0) is 17.9 Å². The van der Waals surface area contributed by atoms with Crippen molar-refractivity contribution in [2.45, 2.75) is 26.1 Å². The summed E-state index contributed by atoms with van der Waals surface area (Å²) < 4.78 is 10.9. The second-order valence-corrected chi connectivity index (χ2v) is 7.20. The largest absolute Gasteiger partial charge is 0.468 e. The fraction of sp³-hybridized carbons (Fsp3) is 0.208. The maximum absolute atomic E-state index is 12.7. The van der Waals surface area contributed by atoms with Gasteiger partial charge in [-0.1, -0.05) is 36.4 Å². The van der Waals surface area contributed by atoms with Gasteiger partial charge in [0.15, 0.2) is 0 Å².